The molecule has 94 valence electrons. The molecule has 0 aliphatic carbocycles. The molecule has 1 unspecified atom stereocenters. The monoisotopic (exact) mass is 241 g/mol. The van der Waals surface area contributed by atoms with Crippen molar-refractivity contribution >= 4 is 0 Å². The van der Waals surface area contributed by atoms with E-state index in [0.29, 0.717) is 6.04 Å². The molecule has 0 saturated carbocycles. The van der Waals surface area contributed by atoms with E-state index in [1.54, 1.807) is 0 Å². The molecule has 1 aliphatic rings. The molecule has 3 heteroatoms. The molecule has 0 bridgehead atoms. The third kappa shape index (κ3) is 2.18. The zero-order valence-corrected chi connectivity index (χ0v) is 10.7. The van der Waals surface area contributed by atoms with Gasteiger partial charge in [0.25, 0.3) is 0 Å². The summed E-state index contributed by atoms with van der Waals surface area (Å²) in [5.74, 6) is 1.09. The van der Waals surface area contributed by atoms with Gasteiger partial charge in [-0.25, -0.2) is 4.98 Å². The van der Waals surface area contributed by atoms with Crippen LogP contribution in [0.3, 0.4) is 0 Å². The highest BCUT2D eigenvalue weighted by atomic mass is 15.0. The molecule has 1 fully saturated rings. The molecule has 18 heavy (non-hydrogen) atoms. The van der Waals surface area contributed by atoms with Gasteiger partial charge in [-0.05, 0) is 26.3 Å². The van der Waals surface area contributed by atoms with Gasteiger partial charge in [0.05, 0.1) is 11.7 Å². The van der Waals surface area contributed by atoms with Gasteiger partial charge in [0.2, 0.25) is 0 Å². The molecule has 3 nitrogen and oxygen atoms in total. The maximum Gasteiger partial charge on any atom is 0.124 e. The average Bonchev–Trinajstić information content (AvgIpc) is 2.83. The lowest BCUT2D eigenvalue weighted by molar-refractivity contribution is 0.399. The number of imidazole rings is 1. The second-order valence-electron chi connectivity index (χ2n) is 4.96. The molecule has 0 spiro atoms. The normalized spacial score (nSPS) is 19.9. The van der Waals surface area contributed by atoms with E-state index in [0.717, 1.165) is 23.8 Å². The largest absolute Gasteiger partial charge is 0.344 e. The first kappa shape index (κ1) is 11.5. The number of nitrogens with one attached hydrogen (secondary N) is 2. The number of rotatable bonds is 2. The number of aromatic nitrogens is 2. The summed E-state index contributed by atoms with van der Waals surface area (Å²) in [6.07, 6.45) is 3.75. The Morgan fingerprint density at radius 1 is 1.17 bits per heavy atom. The van der Waals surface area contributed by atoms with Crippen molar-refractivity contribution in [3.63, 3.8) is 0 Å². The molecule has 1 atom stereocenters. The molecular formula is C15H19N3. The molecule has 0 radical (unpaired) electrons. The maximum atomic E-state index is 4.79. The quantitative estimate of drug-likeness (QED) is 0.847. The molecule has 1 saturated heterocycles. The zero-order valence-electron chi connectivity index (χ0n) is 10.7. The van der Waals surface area contributed by atoms with Crippen molar-refractivity contribution in [1.82, 2.24) is 15.3 Å². The lowest BCUT2D eigenvalue weighted by Crippen LogP contribution is -2.27. The van der Waals surface area contributed by atoms with Crippen molar-refractivity contribution in [3.05, 3.63) is 41.9 Å². The van der Waals surface area contributed by atoms with Crippen LogP contribution >= 0.6 is 0 Å². The van der Waals surface area contributed by atoms with Crippen LogP contribution in [-0.2, 0) is 0 Å². The fourth-order valence-electron chi connectivity index (χ4n) is 2.61. The highest BCUT2D eigenvalue weighted by Gasteiger charge is 2.19. The minimum atomic E-state index is 0.398. The number of hydrogen-bond acceptors (Lipinski definition) is 2. The van der Waals surface area contributed by atoms with Crippen molar-refractivity contribution in [2.45, 2.75) is 32.2 Å². The van der Waals surface area contributed by atoms with E-state index in [1.807, 2.05) is 6.07 Å². The van der Waals surface area contributed by atoms with E-state index in [1.165, 1.54) is 24.8 Å². The molecule has 3 rings (SSSR count). The highest BCUT2D eigenvalue weighted by molar-refractivity contribution is 5.61. The molecule has 2 N–H and O–H groups in total. The Morgan fingerprint density at radius 3 is 2.72 bits per heavy atom. The molecular weight excluding hydrogens is 222 g/mol. The summed E-state index contributed by atoms with van der Waals surface area (Å²) in [6, 6.07) is 10.8. The van der Waals surface area contributed by atoms with E-state index in [-0.39, 0.29) is 0 Å². The van der Waals surface area contributed by atoms with E-state index in [2.05, 4.69) is 41.5 Å². The predicted octanol–water partition coefficient (Wildman–Crippen LogP) is 3.20. The van der Waals surface area contributed by atoms with Gasteiger partial charge in [-0.3, -0.25) is 0 Å². The first-order valence-corrected chi connectivity index (χ1v) is 6.70. The summed E-state index contributed by atoms with van der Waals surface area (Å²) in [5, 5.41) is 3.53. The van der Waals surface area contributed by atoms with Crippen molar-refractivity contribution in [1.29, 1.82) is 0 Å². The molecule has 1 aromatic carbocycles. The smallest absolute Gasteiger partial charge is 0.124 e. The maximum absolute atomic E-state index is 4.79. The summed E-state index contributed by atoms with van der Waals surface area (Å²) in [4.78, 5) is 8.22. The van der Waals surface area contributed by atoms with Crippen molar-refractivity contribution in [3.8, 4) is 11.3 Å². The van der Waals surface area contributed by atoms with Crippen LogP contribution in [0, 0.1) is 6.92 Å². The predicted molar refractivity (Wildman–Crippen MR) is 73.4 cm³/mol. The van der Waals surface area contributed by atoms with Gasteiger partial charge in [0.1, 0.15) is 5.82 Å². The molecule has 1 aromatic heterocycles. The Kier molecular flexibility index (Phi) is 3.15. The topological polar surface area (TPSA) is 40.7 Å². The molecule has 2 aromatic rings. The second-order valence-corrected chi connectivity index (χ2v) is 4.96. The number of aryl methyl sites for hydroxylation is 1. The van der Waals surface area contributed by atoms with E-state index >= 15 is 0 Å². The fourth-order valence-corrected chi connectivity index (χ4v) is 2.61. The van der Waals surface area contributed by atoms with Gasteiger partial charge in [0.15, 0.2) is 0 Å². The van der Waals surface area contributed by atoms with Gasteiger partial charge in [-0.2, -0.15) is 0 Å². The lowest BCUT2D eigenvalue weighted by Gasteiger charge is -2.21. The number of H-pyrrole nitrogens is 1. The summed E-state index contributed by atoms with van der Waals surface area (Å²) in [6.45, 7) is 3.20. The van der Waals surface area contributed by atoms with Crippen LogP contribution in [0.15, 0.2) is 30.3 Å². The summed E-state index contributed by atoms with van der Waals surface area (Å²) >= 11 is 0. The van der Waals surface area contributed by atoms with Crippen molar-refractivity contribution < 1.29 is 0 Å². The standard InChI is InChI=1S/C15H19N3/c1-11-14(12-7-3-2-4-8-12)18-15(17-11)13-9-5-6-10-16-13/h2-4,7-8,13,16H,5-6,9-10H2,1H3,(H,17,18). The van der Waals surface area contributed by atoms with Gasteiger partial charge in [-0.15, -0.1) is 0 Å². The minimum Gasteiger partial charge on any atom is -0.344 e. The molecule has 1 aliphatic heterocycles. The SMILES string of the molecule is Cc1[nH]c(C2CCCCN2)nc1-c1ccccc1. The van der Waals surface area contributed by atoms with Crippen LogP contribution in [-0.4, -0.2) is 16.5 Å². The Hall–Kier alpha value is -1.61. The first-order valence-electron chi connectivity index (χ1n) is 6.70. The number of benzene rings is 1. The van der Waals surface area contributed by atoms with Crippen LogP contribution < -0.4 is 5.32 Å². The van der Waals surface area contributed by atoms with Crippen molar-refractivity contribution in [2.24, 2.45) is 0 Å². The lowest BCUT2D eigenvalue weighted by atomic mass is 10.0. The fraction of sp³-hybridized carbons (Fsp3) is 0.400. The number of piperidine rings is 1. The third-order valence-corrected chi connectivity index (χ3v) is 3.59. The Balaban J connectivity index is 1.91. The van der Waals surface area contributed by atoms with Gasteiger partial charge in [-0.1, -0.05) is 36.8 Å². The van der Waals surface area contributed by atoms with Crippen LogP contribution in [0.5, 0.6) is 0 Å². The average molecular weight is 241 g/mol. The number of hydrogen-bond donors (Lipinski definition) is 2. The number of aromatic amines is 1. The summed E-state index contributed by atoms with van der Waals surface area (Å²) in [7, 11) is 0. The Labute approximate surface area is 108 Å². The highest BCUT2D eigenvalue weighted by Crippen LogP contribution is 2.26. The number of nitrogens with zero attached hydrogens (tertiary/aromatic N) is 1. The van der Waals surface area contributed by atoms with Crippen molar-refractivity contribution in [2.75, 3.05) is 6.54 Å². The van der Waals surface area contributed by atoms with Gasteiger partial charge < -0.3 is 10.3 Å². The van der Waals surface area contributed by atoms with Crippen LogP contribution in [0.1, 0.15) is 36.8 Å². The zero-order chi connectivity index (χ0) is 12.4. The molecule has 0 amide bonds. The second kappa shape index (κ2) is 4.94. The van der Waals surface area contributed by atoms with Crippen LogP contribution in [0.4, 0.5) is 0 Å². The first-order chi connectivity index (χ1) is 8.84. The Morgan fingerprint density at radius 2 is 2.00 bits per heavy atom. The van der Waals surface area contributed by atoms with E-state index < -0.39 is 0 Å². The van der Waals surface area contributed by atoms with Gasteiger partial charge in [0, 0.05) is 11.3 Å². The van der Waals surface area contributed by atoms with Crippen LogP contribution in [0.25, 0.3) is 11.3 Å². The van der Waals surface area contributed by atoms with Crippen LogP contribution in [0.2, 0.25) is 0 Å². The minimum absolute atomic E-state index is 0.398. The third-order valence-electron chi connectivity index (χ3n) is 3.59. The van der Waals surface area contributed by atoms with E-state index in [9.17, 15) is 0 Å². The molecule has 2 heterocycles. The summed E-state index contributed by atoms with van der Waals surface area (Å²) < 4.78 is 0. The Bertz CT molecular complexity index is 510. The van der Waals surface area contributed by atoms with Gasteiger partial charge >= 0.3 is 0 Å². The summed E-state index contributed by atoms with van der Waals surface area (Å²) in [5.41, 5.74) is 3.43. The van der Waals surface area contributed by atoms with E-state index in [4.69, 9.17) is 4.98 Å².